The molecule has 2 saturated heterocycles. The van der Waals surface area contributed by atoms with Crippen molar-refractivity contribution in [2.75, 3.05) is 37.6 Å². The number of rotatable bonds is 4. The van der Waals surface area contributed by atoms with Crippen molar-refractivity contribution in [3.63, 3.8) is 0 Å². The number of cyclic esters (lactones) is 1. The number of ether oxygens (including phenoxy) is 1. The van der Waals surface area contributed by atoms with Gasteiger partial charge in [0.1, 0.15) is 6.10 Å². The molecular weight excluding hydrogens is 340 g/mol. The van der Waals surface area contributed by atoms with Crippen LogP contribution >= 0.6 is 0 Å². The lowest BCUT2D eigenvalue weighted by atomic mass is 9.72. The van der Waals surface area contributed by atoms with Gasteiger partial charge in [-0.15, -0.1) is 0 Å². The third kappa shape index (κ3) is 3.79. The molecule has 27 heavy (non-hydrogen) atoms. The molecule has 6 heteroatoms. The lowest BCUT2D eigenvalue weighted by Gasteiger charge is -2.36. The van der Waals surface area contributed by atoms with Gasteiger partial charge >= 0.3 is 5.97 Å². The molecule has 3 heterocycles. The summed E-state index contributed by atoms with van der Waals surface area (Å²) in [6.45, 7) is 12.1. The number of aromatic nitrogens is 1. The summed E-state index contributed by atoms with van der Waals surface area (Å²) in [5.74, 6) is 0.0707. The Bertz CT molecular complexity index is 715. The fourth-order valence-corrected chi connectivity index (χ4v) is 4.91. The largest absolute Gasteiger partial charge is 0.462 e. The van der Waals surface area contributed by atoms with E-state index in [1.165, 1.54) is 19.3 Å². The van der Waals surface area contributed by atoms with Crippen LogP contribution in [0.2, 0.25) is 0 Å². The number of carbonyl (C=O) groups is 1. The summed E-state index contributed by atoms with van der Waals surface area (Å²) in [5.41, 5.74) is 1.46. The molecule has 1 aromatic heterocycles. The van der Waals surface area contributed by atoms with Crippen molar-refractivity contribution < 1.29 is 9.53 Å². The van der Waals surface area contributed by atoms with Gasteiger partial charge in [-0.2, -0.15) is 0 Å². The minimum atomic E-state index is -0.154. The van der Waals surface area contributed by atoms with Crippen molar-refractivity contribution in [3.05, 3.63) is 29.9 Å². The second kappa shape index (κ2) is 7.85. The number of hydrogen-bond acceptors (Lipinski definition) is 5. The van der Waals surface area contributed by atoms with Crippen LogP contribution in [0.15, 0.2) is 18.5 Å². The topological polar surface area (TPSA) is 50.0 Å². The smallest absolute Gasteiger partial charge is 0.312 e. The summed E-state index contributed by atoms with van der Waals surface area (Å²) < 4.78 is 5.75. The molecule has 4 rings (SSSR count). The fourth-order valence-electron chi connectivity index (χ4n) is 4.91. The monoisotopic (exact) mass is 368 g/mol. The van der Waals surface area contributed by atoms with Gasteiger partial charge in [-0.25, -0.2) is 4.85 Å². The predicted octanol–water partition coefficient (Wildman–Crippen LogP) is 3.41. The van der Waals surface area contributed by atoms with Gasteiger partial charge in [-0.3, -0.25) is 14.7 Å². The highest BCUT2D eigenvalue weighted by Crippen LogP contribution is 2.46. The van der Waals surface area contributed by atoms with Gasteiger partial charge in [0.05, 0.1) is 12.0 Å². The zero-order valence-corrected chi connectivity index (χ0v) is 15.9. The molecule has 0 radical (unpaired) electrons. The van der Waals surface area contributed by atoms with E-state index in [4.69, 9.17) is 11.3 Å². The van der Waals surface area contributed by atoms with Crippen LogP contribution in [0.3, 0.4) is 0 Å². The molecular formula is C21H28N4O2. The maximum atomic E-state index is 12.4. The minimum absolute atomic E-state index is 0.0707. The van der Waals surface area contributed by atoms with Crippen LogP contribution in [0.4, 0.5) is 11.4 Å². The molecule has 0 amide bonds. The molecule has 1 aliphatic carbocycles. The van der Waals surface area contributed by atoms with Crippen molar-refractivity contribution in [2.45, 2.75) is 51.0 Å². The number of anilines is 1. The van der Waals surface area contributed by atoms with Crippen LogP contribution in [0.1, 0.15) is 44.9 Å². The normalized spacial score (nSPS) is 25.4. The third-order valence-electron chi connectivity index (χ3n) is 6.51. The first-order valence-electron chi connectivity index (χ1n) is 10.2. The van der Waals surface area contributed by atoms with Crippen LogP contribution in [0, 0.1) is 12.0 Å². The first-order valence-corrected chi connectivity index (χ1v) is 10.2. The molecule has 6 nitrogen and oxygen atoms in total. The van der Waals surface area contributed by atoms with E-state index in [1.54, 1.807) is 12.4 Å². The summed E-state index contributed by atoms with van der Waals surface area (Å²) in [6, 6.07) is 1.94. The molecule has 1 spiro atoms. The predicted molar refractivity (Wildman–Crippen MR) is 104 cm³/mol. The Hall–Kier alpha value is -2.13. The van der Waals surface area contributed by atoms with E-state index in [1.807, 2.05) is 6.07 Å². The Morgan fingerprint density at radius 2 is 2.00 bits per heavy atom. The van der Waals surface area contributed by atoms with Gasteiger partial charge in [0.2, 0.25) is 5.69 Å². The third-order valence-corrected chi connectivity index (χ3v) is 6.51. The number of piperazine rings is 1. The van der Waals surface area contributed by atoms with Crippen molar-refractivity contribution >= 4 is 17.3 Å². The second-order valence-electron chi connectivity index (χ2n) is 8.17. The number of pyridine rings is 1. The molecule has 3 fully saturated rings. The molecule has 1 saturated carbocycles. The lowest BCUT2D eigenvalue weighted by molar-refractivity contribution is -0.150. The molecule has 0 N–H and O–H groups in total. The molecule has 144 valence electrons. The highest BCUT2D eigenvalue weighted by molar-refractivity contribution is 5.79. The standard InChI is InChI=1S/C21H28N4O2/c1-22-18-16-23-9-5-19(18)25-13-11-24(12-14-25)10-6-17-15-21(20(26)27-17)7-3-2-4-8-21/h5,9,16-17H,2-4,6-8,10-15H2. The Kier molecular flexibility index (Phi) is 5.31. The first kappa shape index (κ1) is 18.2. The average Bonchev–Trinajstić information content (AvgIpc) is 3.02. The summed E-state index contributed by atoms with van der Waals surface area (Å²) >= 11 is 0. The Morgan fingerprint density at radius 3 is 2.74 bits per heavy atom. The number of esters is 1. The van der Waals surface area contributed by atoms with Crippen LogP contribution in [-0.2, 0) is 9.53 Å². The maximum absolute atomic E-state index is 12.4. The SMILES string of the molecule is [C-]#[N+]c1cnccc1N1CCN(CCC2CC3(CCCCC3)C(=O)O2)CC1. The van der Waals surface area contributed by atoms with Crippen LogP contribution in [-0.4, -0.2) is 54.7 Å². The van der Waals surface area contributed by atoms with E-state index < -0.39 is 0 Å². The zero-order chi connectivity index (χ0) is 18.7. The highest BCUT2D eigenvalue weighted by Gasteiger charge is 2.48. The van der Waals surface area contributed by atoms with Gasteiger partial charge in [-0.1, -0.05) is 19.3 Å². The van der Waals surface area contributed by atoms with Gasteiger partial charge in [0, 0.05) is 57.2 Å². The minimum Gasteiger partial charge on any atom is -0.462 e. The molecule has 2 aliphatic heterocycles. The molecule has 1 unspecified atom stereocenters. The molecule has 1 aromatic rings. The Balaban J connectivity index is 1.26. The van der Waals surface area contributed by atoms with Gasteiger partial charge in [0.15, 0.2) is 0 Å². The fraction of sp³-hybridized carbons (Fsp3) is 0.667. The van der Waals surface area contributed by atoms with E-state index in [9.17, 15) is 4.79 Å². The molecule has 0 aromatic carbocycles. The van der Waals surface area contributed by atoms with E-state index in [-0.39, 0.29) is 17.5 Å². The summed E-state index contributed by atoms with van der Waals surface area (Å²) in [6.07, 6.45) is 11.0. The number of nitrogens with zero attached hydrogens (tertiary/aromatic N) is 4. The molecule has 0 bridgehead atoms. The highest BCUT2D eigenvalue weighted by atomic mass is 16.6. The Labute approximate surface area is 161 Å². The van der Waals surface area contributed by atoms with Crippen molar-refractivity contribution in [1.29, 1.82) is 0 Å². The molecule has 1 atom stereocenters. The lowest BCUT2D eigenvalue weighted by Crippen LogP contribution is -2.47. The van der Waals surface area contributed by atoms with Crippen LogP contribution in [0.25, 0.3) is 4.85 Å². The number of carbonyl (C=O) groups excluding carboxylic acids is 1. The van der Waals surface area contributed by atoms with E-state index in [0.717, 1.165) is 64.1 Å². The van der Waals surface area contributed by atoms with Gasteiger partial charge < -0.3 is 9.64 Å². The second-order valence-corrected chi connectivity index (χ2v) is 8.17. The van der Waals surface area contributed by atoms with E-state index >= 15 is 0 Å². The quantitative estimate of drug-likeness (QED) is 0.602. The van der Waals surface area contributed by atoms with Gasteiger partial charge in [-0.05, 0) is 25.3 Å². The summed E-state index contributed by atoms with van der Waals surface area (Å²) in [5, 5.41) is 0. The summed E-state index contributed by atoms with van der Waals surface area (Å²) in [7, 11) is 0. The van der Waals surface area contributed by atoms with Crippen LogP contribution in [0.5, 0.6) is 0 Å². The van der Waals surface area contributed by atoms with Crippen LogP contribution < -0.4 is 4.90 Å². The van der Waals surface area contributed by atoms with E-state index in [2.05, 4.69) is 19.6 Å². The average molecular weight is 368 g/mol. The molecule has 3 aliphatic rings. The van der Waals surface area contributed by atoms with Gasteiger partial charge in [0.25, 0.3) is 0 Å². The van der Waals surface area contributed by atoms with E-state index in [0.29, 0.717) is 5.69 Å². The Morgan fingerprint density at radius 1 is 1.22 bits per heavy atom. The van der Waals surface area contributed by atoms with Crippen molar-refractivity contribution in [1.82, 2.24) is 9.88 Å². The zero-order valence-electron chi connectivity index (χ0n) is 15.9. The summed E-state index contributed by atoms with van der Waals surface area (Å²) in [4.78, 5) is 24.8. The van der Waals surface area contributed by atoms with Crippen molar-refractivity contribution in [3.8, 4) is 0 Å². The maximum Gasteiger partial charge on any atom is 0.312 e. The van der Waals surface area contributed by atoms with Crippen molar-refractivity contribution in [2.24, 2.45) is 5.41 Å². The number of hydrogen-bond donors (Lipinski definition) is 0. The first-order chi connectivity index (χ1) is 13.2.